The Bertz CT molecular complexity index is 228. The molecule has 2 N–H and O–H groups in total. The van der Waals surface area contributed by atoms with Crippen molar-refractivity contribution in [3.63, 3.8) is 0 Å². The van der Waals surface area contributed by atoms with E-state index in [1.165, 1.54) is 5.57 Å². The van der Waals surface area contributed by atoms with Gasteiger partial charge in [0.15, 0.2) is 0 Å². The van der Waals surface area contributed by atoms with Crippen molar-refractivity contribution in [2.75, 3.05) is 0 Å². The highest BCUT2D eigenvalue weighted by Crippen LogP contribution is 2.08. The highest BCUT2D eigenvalue weighted by molar-refractivity contribution is 5.64. The molecule has 1 amide bonds. The van der Waals surface area contributed by atoms with E-state index < -0.39 is 6.09 Å². The number of rotatable bonds is 5. The summed E-state index contributed by atoms with van der Waals surface area (Å²) in [5.74, 6) is 0. The second kappa shape index (κ2) is 11.8. The van der Waals surface area contributed by atoms with Crippen molar-refractivity contribution in [3.8, 4) is 0 Å². The van der Waals surface area contributed by atoms with Crippen LogP contribution in [0, 0.1) is 0 Å². The van der Waals surface area contributed by atoms with Gasteiger partial charge in [-0.15, -0.1) is 0 Å². The molecule has 0 aliphatic carbocycles. The molecule has 0 rings (SSSR count). The van der Waals surface area contributed by atoms with Crippen molar-refractivity contribution in [1.82, 2.24) is 0 Å². The lowest BCUT2D eigenvalue weighted by atomic mass is 10.1. The van der Waals surface area contributed by atoms with Crippen LogP contribution in [0.4, 0.5) is 4.79 Å². The van der Waals surface area contributed by atoms with Crippen molar-refractivity contribution < 1.29 is 9.53 Å². The number of allylic oxidation sites excluding steroid dienone is 2. The molecule has 0 aliphatic heterocycles. The van der Waals surface area contributed by atoms with Crippen molar-refractivity contribution in [1.29, 1.82) is 0 Å². The zero-order chi connectivity index (χ0) is 13.0. The molecular formula is C13H25NO2. The lowest BCUT2D eigenvalue weighted by Gasteiger charge is -2.12. The van der Waals surface area contributed by atoms with Crippen LogP contribution in [-0.2, 0) is 4.74 Å². The molecule has 0 heterocycles. The zero-order valence-electron chi connectivity index (χ0n) is 11.1. The van der Waals surface area contributed by atoms with E-state index in [0.717, 1.165) is 6.42 Å². The predicted octanol–water partition coefficient (Wildman–Crippen LogP) is 3.80. The molecule has 0 spiro atoms. The van der Waals surface area contributed by atoms with Gasteiger partial charge >= 0.3 is 6.09 Å². The van der Waals surface area contributed by atoms with E-state index in [4.69, 9.17) is 10.5 Å². The highest BCUT2D eigenvalue weighted by Gasteiger charge is 2.08. The maximum Gasteiger partial charge on any atom is 0.404 e. The molecule has 0 aromatic carbocycles. The Morgan fingerprint density at radius 3 is 2.25 bits per heavy atom. The van der Waals surface area contributed by atoms with Gasteiger partial charge in [0.05, 0.1) is 0 Å². The van der Waals surface area contributed by atoms with Crippen LogP contribution in [0.2, 0.25) is 0 Å². The van der Waals surface area contributed by atoms with Gasteiger partial charge in [-0.25, -0.2) is 4.79 Å². The van der Waals surface area contributed by atoms with Crippen molar-refractivity contribution in [2.24, 2.45) is 5.73 Å². The second-order valence-electron chi connectivity index (χ2n) is 3.38. The molecule has 16 heavy (non-hydrogen) atoms. The van der Waals surface area contributed by atoms with Crippen LogP contribution in [0.15, 0.2) is 23.8 Å². The summed E-state index contributed by atoms with van der Waals surface area (Å²) in [6, 6.07) is 0. The van der Waals surface area contributed by atoms with Crippen LogP contribution >= 0.6 is 0 Å². The maximum atomic E-state index is 10.6. The Morgan fingerprint density at radius 2 is 1.88 bits per heavy atom. The maximum absolute atomic E-state index is 10.6. The topological polar surface area (TPSA) is 52.3 Å². The number of primary amides is 1. The molecule has 0 radical (unpaired) electrons. The fraction of sp³-hybridized carbons (Fsp3) is 0.615. The highest BCUT2D eigenvalue weighted by atomic mass is 16.6. The fourth-order valence-electron chi connectivity index (χ4n) is 1.01. The summed E-state index contributed by atoms with van der Waals surface area (Å²) in [4.78, 5) is 10.6. The van der Waals surface area contributed by atoms with E-state index in [2.05, 4.69) is 0 Å². The molecule has 3 heteroatoms. The minimum Gasteiger partial charge on any atom is -0.446 e. The molecule has 94 valence electrons. The summed E-state index contributed by atoms with van der Waals surface area (Å²) in [5.41, 5.74) is 6.18. The van der Waals surface area contributed by atoms with Crippen LogP contribution in [0.5, 0.6) is 0 Å². The van der Waals surface area contributed by atoms with Gasteiger partial charge in [-0.2, -0.15) is 0 Å². The van der Waals surface area contributed by atoms with E-state index in [9.17, 15) is 4.79 Å². The van der Waals surface area contributed by atoms with Gasteiger partial charge in [-0.1, -0.05) is 37.6 Å². The normalized spacial score (nSPS) is 11.3. The lowest BCUT2D eigenvalue weighted by Crippen LogP contribution is -2.21. The first-order valence-electron chi connectivity index (χ1n) is 5.76. The molecule has 3 nitrogen and oxygen atoms in total. The van der Waals surface area contributed by atoms with Gasteiger partial charge in [-0.3, -0.25) is 0 Å². The molecule has 0 saturated heterocycles. The SMILES string of the molecule is C/C=C\CC(CC=C(C)C)OC(N)=O.CC. The Morgan fingerprint density at radius 1 is 1.31 bits per heavy atom. The number of carbonyl (C=O) groups excluding carboxylic acids is 1. The summed E-state index contributed by atoms with van der Waals surface area (Å²) in [6.07, 6.45) is 6.52. The summed E-state index contributed by atoms with van der Waals surface area (Å²) in [5, 5.41) is 0. The zero-order valence-corrected chi connectivity index (χ0v) is 11.1. The van der Waals surface area contributed by atoms with Crippen molar-refractivity contribution >= 4 is 6.09 Å². The minimum absolute atomic E-state index is 0.140. The van der Waals surface area contributed by atoms with Gasteiger partial charge in [0, 0.05) is 12.8 Å². The third-order valence-electron chi connectivity index (χ3n) is 1.71. The summed E-state index contributed by atoms with van der Waals surface area (Å²) in [6.45, 7) is 9.95. The van der Waals surface area contributed by atoms with Gasteiger partial charge in [-0.05, 0) is 20.8 Å². The Labute approximate surface area is 99.4 Å². The smallest absolute Gasteiger partial charge is 0.404 e. The Kier molecular flexibility index (Phi) is 12.7. The standard InChI is InChI=1S/C11H19NO2.C2H6/c1-4-5-6-10(14-11(12)13)8-7-9(2)3;1-2/h4-5,7,10H,6,8H2,1-3H3,(H2,12,13);1-2H3/b5-4-;. The first-order chi connectivity index (χ1) is 7.56. The van der Waals surface area contributed by atoms with E-state index in [1.807, 2.05) is 52.8 Å². The average Bonchev–Trinajstić information content (AvgIpc) is 2.24. The predicted molar refractivity (Wildman–Crippen MR) is 69.3 cm³/mol. The molecule has 0 saturated carbocycles. The van der Waals surface area contributed by atoms with Gasteiger partial charge in [0.25, 0.3) is 0 Å². The van der Waals surface area contributed by atoms with Crippen LogP contribution in [-0.4, -0.2) is 12.2 Å². The molecular weight excluding hydrogens is 202 g/mol. The van der Waals surface area contributed by atoms with E-state index >= 15 is 0 Å². The molecule has 0 bridgehead atoms. The second-order valence-corrected chi connectivity index (χ2v) is 3.38. The van der Waals surface area contributed by atoms with Crippen molar-refractivity contribution in [3.05, 3.63) is 23.8 Å². The number of amides is 1. The molecule has 1 unspecified atom stereocenters. The van der Waals surface area contributed by atoms with E-state index in [1.54, 1.807) is 0 Å². The Hall–Kier alpha value is -1.25. The number of hydrogen-bond donors (Lipinski definition) is 1. The van der Waals surface area contributed by atoms with Crippen molar-refractivity contribution in [2.45, 2.75) is 53.6 Å². The van der Waals surface area contributed by atoms with E-state index in [0.29, 0.717) is 6.42 Å². The van der Waals surface area contributed by atoms with E-state index in [-0.39, 0.29) is 6.10 Å². The van der Waals surface area contributed by atoms with Crippen LogP contribution in [0.25, 0.3) is 0 Å². The van der Waals surface area contributed by atoms with Crippen LogP contribution < -0.4 is 5.73 Å². The fourth-order valence-corrected chi connectivity index (χ4v) is 1.01. The summed E-state index contributed by atoms with van der Waals surface area (Å²) < 4.78 is 4.95. The third kappa shape index (κ3) is 12.8. The number of ether oxygens (including phenoxy) is 1. The molecule has 0 fully saturated rings. The first kappa shape index (κ1) is 17.2. The number of hydrogen-bond acceptors (Lipinski definition) is 2. The summed E-state index contributed by atoms with van der Waals surface area (Å²) in [7, 11) is 0. The minimum atomic E-state index is -0.707. The van der Waals surface area contributed by atoms with Crippen LogP contribution in [0.3, 0.4) is 0 Å². The largest absolute Gasteiger partial charge is 0.446 e. The third-order valence-corrected chi connectivity index (χ3v) is 1.71. The van der Waals surface area contributed by atoms with Gasteiger partial charge in [0.1, 0.15) is 6.10 Å². The summed E-state index contributed by atoms with van der Waals surface area (Å²) >= 11 is 0. The van der Waals surface area contributed by atoms with Crippen LogP contribution in [0.1, 0.15) is 47.5 Å². The van der Waals surface area contributed by atoms with Gasteiger partial charge < -0.3 is 10.5 Å². The first-order valence-corrected chi connectivity index (χ1v) is 5.76. The number of nitrogens with two attached hydrogens (primary N) is 1. The Balaban J connectivity index is 0. The average molecular weight is 227 g/mol. The molecule has 0 aliphatic rings. The molecule has 0 aromatic rings. The van der Waals surface area contributed by atoms with Gasteiger partial charge in [0.2, 0.25) is 0 Å². The molecule has 1 atom stereocenters. The number of carbonyl (C=O) groups is 1. The quantitative estimate of drug-likeness (QED) is 0.726. The monoisotopic (exact) mass is 227 g/mol. The lowest BCUT2D eigenvalue weighted by molar-refractivity contribution is 0.109. The molecule has 0 aromatic heterocycles.